The van der Waals surface area contributed by atoms with Crippen LogP contribution in [-0.2, 0) is 6.54 Å². The Morgan fingerprint density at radius 2 is 1.33 bits per heavy atom. The first-order chi connectivity index (χ1) is 23.0. The van der Waals surface area contributed by atoms with Crippen molar-refractivity contribution in [3.05, 3.63) is 89.5 Å². The molecule has 1 N–H and O–H groups in total. The third-order valence-electron chi connectivity index (χ3n) is 8.05. The van der Waals surface area contributed by atoms with Crippen molar-refractivity contribution in [3.8, 4) is 0 Å². The number of nitrogens with zero attached hydrogens (tertiary/aromatic N) is 4. The van der Waals surface area contributed by atoms with Crippen LogP contribution in [0.15, 0.2) is 72.8 Å². The van der Waals surface area contributed by atoms with Gasteiger partial charge in [0.15, 0.2) is 5.78 Å². The van der Waals surface area contributed by atoms with Crippen LogP contribution in [0.4, 0.5) is 11.6 Å². The molecule has 3 aromatic carbocycles. The van der Waals surface area contributed by atoms with Crippen LogP contribution in [0.1, 0.15) is 108 Å². The molecule has 4 rings (SSSR count). The third kappa shape index (κ3) is 12.6. The number of aryl methyl sites for hydroxylation is 1. The van der Waals surface area contributed by atoms with Crippen molar-refractivity contribution in [1.82, 2.24) is 19.4 Å². The fraction of sp³-hybridized carbons (Fsp3) is 0.488. The minimum Gasteiger partial charge on any atom is -0.339 e. The van der Waals surface area contributed by atoms with E-state index in [-0.39, 0.29) is 11.7 Å². The molecule has 0 unspecified atom stereocenters. The molecule has 0 radical (unpaired) electrons. The lowest BCUT2D eigenvalue weighted by Gasteiger charge is -2.24. The Hall–Kier alpha value is -3.97. The highest BCUT2D eigenvalue weighted by Gasteiger charge is 2.19. The summed E-state index contributed by atoms with van der Waals surface area (Å²) in [7, 11) is 2.11. The van der Waals surface area contributed by atoms with Crippen molar-refractivity contribution < 1.29 is 9.59 Å². The molecule has 262 valence electrons. The molecule has 0 saturated heterocycles. The Bertz CT molecular complexity index is 1510. The van der Waals surface area contributed by atoms with E-state index in [0.717, 1.165) is 55.7 Å². The number of benzene rings is 3. The highest BCUT2D eigenvalue weighted by molar-refractivity contribution is 6.09. The number of ketones is 1. The Balaban J connectivity index is 0.000000789. The molecule has 1 amide bonds. The Morgan fingerprint density at radius 1 is 0.750 bits per heavy atom. The van der Waals surface area contributed by atoms with Gasteiger partial charge in [-0.3, -0.25) is 9.59 Å². The van der Waals surface area contributed by atoms with Crippen molar-refractivity contribution in [2.24, 2.45) is 11.8 Å². The number of amides is 1. The van der Waals surface area contributed by atoms with Crippen LogP contribution in [-0.4, -0.2) is 64.3 Å². The van der Waals surface area contributed by atoms with Gasteiger partial charge in [-0.15, -0.1) is 0 Å². The minimum atomic E-state index is -0.0223. The van der Waals surface area contributed by atoms with E-state index in [2.05, 4.69) is 84.1 Å². The smallest absolute Gasteiger partial charge is 0.253 e. The molecule has 0 aliphatic rings. The van der Waals surface area contributed by atoms with Gasteiger partial charge < -0.3 is 19.7 Å². The lowest BCUT2D eigenvalue weighted by atomic mass is 10.0. The second-order valence-electron chi connectivity index (χ2n) is 13.1. The van der Waals surface area contributed by atoms with Gasteiger partial charge in [-0.1, -0.05) is 104 Å². The van der Waals surface area contributed by atoms with Crippen LogP contribution in [0, 0.1) is 11.8 Å². The van der Waals surface area contributed by atoms with Crippen molar-refractivity contribution >= 4 is 34.4 Å². The molecule has 0 bridgehead atoms. The fourth-order valence-corrected chi connectivity index (χ4v) is 4.84. The van der Waals surface area contributed by atoms with E-state index in [0.29, 0.717) is 41.0 Å². The number of hydrogen-bond acceptors (Lipinski definition) is 5. The molecule has 0 aliphatic carbocycles. The number of nitrogens with one attached hydrogen (secondary N) is 1. The summed E-state index contributed by atoms with van der Waals surface area (Å²) in [5.41, 5.74) is 4.47. The summed E-state index contributed by atoms with van der Waals surface area (Å²) in [5, 5.41) is 3.40. The van der Waals surface area contributed by atoms with Crippen molar-refractivity contribution in [1.29, 1.82) is 0 Å². The van der Waals surface area contributed by atoms with E-state index in [4.69, 9.17) is 4.98 Å². The van der Waals surface area contributed by atoms with E-state index < -0.39 is 0 Å². The van der Waals surface area contributed by atoms with E-state index in [9.17, 15) is 9.59 Å². The van der Waals surface area contributed by atoms with Gasteiger partial charge in [-0.2, -0.15) is 0 Å². The first-order valence-corrected chi connectivity index (χ1v) is 17.9. The minimum absolute atomic E-state index is 0.0223. The van der Waals surface area contributed by atoms with Gasteiger partial charge in [-0.05, 0) is 82.1 Å². The molecule has 4 aromatic rings. The molecule has 1 aromatic heterocycles. The standard InChI is InChI=1S/C33H40N4O2.C5H13N.C3H8/c1-6-37-30-22-27(32(39)36(19-17-23(2)3)20-18-24(4)5)15-16-29(30)35-33(37)34-28-14-10-13-26(21-28)31(38)25-11-8-7-9-12-25;1-4-6(3)5-2;1-3-2/h7-16,21-24H,6,17-20H2,1-5H3,(H,34,35);4-5H2,1-3H3;3H2,1-2H3. The normalized spacial score (nSPS) is 10.9. The number of hydrogen-bond donors (Lipinski definition) is 1. The topological polar surface area (TPSA) is 70.5 Å². The summed E-state index contributed by atoms with van der Waals surface area (Å²) in [6, 6.07) is 22.5. The second-order valence-corrected chi connectivity index (χ2v) is 13.1. The average molecular weight is 656 g/mol. The zero-order chi connectivity index (χ0) is 35.6. The summed E-state index contributed by atoms with van der Waals surface area (Å²) in [6.45, 7) is 23.9. The molecule has 0 fully saturated rings. The van der Waals surface area contributed by atoms with E-state index in [1.54, 1.807) is 0 Å². The number of rotatable bonds is 14. The molecule has 0 aliphatic heterocycles. The van der Waals surface area contributed by atoms with Gasteiger partial charge >= 0.3 is 0 Å². The molecule has 0 atom stereocenters. The summed E-state index contributed by atoms with van der Waals surface area (Å²) in [4.78, 5) is 35.6. The SMILES string of the molecule is CCC.CCN(C)CC.CCn1c(Nc2cccc(C(=O)c3ccccc3)c2)nc2ccc(C(=O)N(CCC(C)C)CCC(C)C)cc21. The number of carbonyl (C=O) groups is 2. The van der Waals surface area contributed by atoms with E-state index >= 15 is 0 Å². The molecule has 7 nitrogen and oxygen atoms in total. The second kappa shape index (κ2) is 21.1. The van der Waals surface area contributed by atoms with E-state index in [1.807, 2.05) is 77.7 Å². The Morgan fingerprint density at radius 3 is 1.85 bits per heavy atom. The number of carbonyl (C=O) groups excluding carboxylic acids is 2. The largest absolute Gasteiger partial charge is 0.339 e. The van der Waals surface area contributed by atoms with Gasteiger partial charge in [0.1, 0.15) is 0 Å². The fourth-order valence-electron chi connectivity index (χ4n) is 4.84. The zero-order valence-corrected chi connectivity index (χ0v) is 31.3. The van der Waals surface area contributed by atoms with Gasteiger partial charge in [-0.25, -0.2) is 4.98 Å². The summed E-state index contributed by atoms with van der Waals surface area (Å²) >= 11 is 0. The maximum atomic E-state index is 13.6. The predicted molar refractivity (Wildman–Crippen MR) is 205 cm³/mol. The predicted octanol–water partition coefficient (Wildman–Crippen LogP) is 9.94. The average Bonchev–Trinajstić information content (AvgIpc) is 3.44. The van der Waals surface area contributed by atoms with Crippen LogP contribution >= 0.6 is 0 Å². The maximum Gasteiger partial charge on any atom is 0.253 e. The summed E-state index contributed by atoms with van der Waals surface area (Å²) in [5.74, 6) is 1.81. The van der Waals surface area contributed by atoms with Crippen LogP contribution in [0.25, 0.3) is 11.0 Å². The molecule has 7 heteroatoms. The van der Waals surface area contributed by atoms with Gasteiger partial charge in [0.05, 0.1) is 11.0 Å². The van der Waals surface area contributed by atoms with Crippen LogP contribution in [0.2, 0.25) is 0 Å². The lowest BCUT2D eigenvalue weighted by Crippen LogP contribution is -2.34. The summed E-state index contributed by atoms with van der Waals surface area (Å²) in [6.07, 6.45) is 3.22. The lowest BCUT2D eigenvalue weighted by molar-refractivity contribution is 0.0740. The highest BCUT2D eigenvalue weighted by atomic mass is 16.2. The van der Waals surface area contributed by atoms with Crippen molar-refractivity contribution in [2.45, 2.75) is 88.1 Å². The molecular weight excluding hydrogens is 594 g/mol. The first-order valence-electron chi connectivity index (χ1n) is 17.9. The van der Waals surface area contributed by atoms with Crippen LogP contribution in [0.3, 0.4) is 0 Å². The zero-order valence-electron chi connectivity index (χ0n) is 31.3. The van der Waals surface area contributed by atoms with Crippen LogP contribution < -0.4 is 5.32 Å². The molecular formula is C41H61N5O2. The van der Waals surface area contributed by atoms with Gasteiger partial charge in [0, 0.05) is 42.0 Å². The van der Waals surface area contributed by atoms with Crippen LogP contribution in [0.5, 0.6) is 0 Å². The van der Waals surface area contributed by atoms with E-state index in [1.165, 1.54) is 6.42 Å². The molecule has 48 heavy (non-hydrogen) atoms. The molecule has 0 spiro atoms. The van der Waals surface area contributed by atoms with Gasteiger partial charge in [0.25, 0.3) is 5.91 Å². The molecule has 1 heterocycles. The number of fused-ring (bicyclic) bond motifs is 1. The number of aromatic nitrogens is 2. The summed E-state index contributed by atoms with van der Waals surface area (Å²) < 4.78 is 2.07. The number of imidazole rings is 1. The first kappa shape index (κ1) is 40.2. The van der Waals surface area contributed by atoms with Gasteiger partial charge in [0.2, 0.25) is 5.95 Å². The molecule has 0 saturated carbocycles. The van der Waals surface area contributed by atoms with Crippen molar-refractivity contribution in [3.63, 3.8) is 0 Å². The monoisotopic (exact) mass is 655 g/mol. The Kier molecular flexibility index (Phi) is 17.7. The quantitative estimate of drug-likeness (QED) is 0.137. The number of anilines is 2. The Labute approximate surface area is 290 Å². The maximum absolute atomic E-state index is 13.6. The third-order valence-corrected chi connectivity index (χ3v) is 8.05. The van der Waals surface area contributed by atoms with Crippen molar-refractivity contribution in [2.75, 3.05) is 38.5 Å². The highest BCUT2D eigenvalue weighted by Crippen LogP contribution is 2.26.